The summed E-state index contributed by atoms with van der Waals surface area (Å²) in [6, 6.07) is 14.4. The maximum atomic E-state index is 12.5. The molecule has 0 N–H and O–H groups in total. The minimum atomic E-state index is -0.390. The Morgan fingerprint density at radius 1 is 1.23 bits per heavy atom. The van der Waals surface area contributed by atoms with Gasteiger partial charge in [-0.1, -0.05) is 43.0 Å². The van der Waals surface area contributed by atoms with Gasteiger partial charge in [0.05, 0.1) is 6.54 Å². The Kier molecular flexibility index (Phi) is 5.49. The number of carbonyl (C=O) groups is 2. The summed E-state index contributed by atoms with van der Waals surface area (Å²) in [5, 5.41) is 0. The SMILES string of the molecule is C=CCOc1ccccc1/C=C/C(=O)c1cccc(N2CCOC2=O)c1. The van der Waals surface area contributed by atoms with Crippen LogP contribution in [0.15, 0.2) is 67.3 Å². The van der Waals surface area contributed by atoms with Crippen molar-refractivity contribution in [1.29, 1.82) is 0 Å². The quantitative estimate of drug-likeness (QED) is 0.429. The molecule has 0 aliphatic carbocycles. The van der Waals surface area contributed by atoms with E-state index >= 15 is 0 Å². The molecule has 0 radical (unpaired) electrons. The second-order valence-corrected chi connectivity index (χ2v) is 5.65. The van der Waals surface area contributed by atoms with Gasteiger partial charge in [-0.15, -0.1) is 0 Å². The lowest BCUT2D eigenvalue weighted by Crippen LogP contribution is -2.23. The van der Waals surface area contributed by atoms with Crippen LogP contribution in [0.5, 0.6) is 5.75 Å². The van der Waals surface area contributed by atoms with Crippen LogP contribution in [0.2, 0.25) is 0 Å². The van der Waals surface area contributed by atoms with Crippen molar-refractivity contribution in [3.05, 3.63) is 78.4 Å². The number of allylic oxidation sites excluding steroid dienone is 1. The summed E-state index contributed by atoms with van der Waals surface area (Å²) in [6.45, 7) is 4.87. The van der Waals surface area contributed by atoms with Gasteiger partial charge in [-0.25, -0.2) is 4.79 Å². The molecule has 5 heteroatoms. The molecule has 0 bridgehead atoms. The van der Waals surface area contributed by atoms with Gasteiger partial charge in [-0.2, -0.15) is 0 Å². The number of hydrogen-bond acceptors (Lipinski definition) is 4. The van der Waals surface area contributed by atoms with Crippen LogP contribution >= 0.6 is 0 Å². The maximum Gasteiger partial charge on any atom is 0.414 e. The fourth-order valence-corrected chi connectivity index (χ4v) is 2.62. The Labute approximate surface area is 152 Å². The first-order valence-electron chi connectivity index (χ1n) is 8.28. The Morgan fingerprint density at radius 2 is 2.08 bits per heavy atom. The van der Waals surface area contributed by atoms with Crippen LogP contribution in [0, 0.1) is 0 Å². The van der Waals surface area contributed by atoms with Crippen LogP contribution in [0.3, 0.4) is 0 Å². The molecule has 1 heterocycles. The second kappa shape index (κ2) is 8.16. The number of rotatable bonds is 7. The standard InChI is InChI=1S/C21H19NO4/c1-2-13-25-20-9-4-3-6-16(20)10-11-19(23)17-7-5-8-18(15-17)22-12-14-26-21(22)24/h2-11,15H,1,12-14H2/b11-10+. The Balaban J connectivity index is 1.77. The Bertz CT molecular complexity index is 857. The smallest absolute Gasteiger partial charge is 0.414 e. The molecule has 0 saturated carbocycles. The number of para-hydroxylation sites is 1. The minimum absolute atomic E-state index is 0.155. The van der Waals surface area contributed by atoms with Crippen molar-refractivity contribution < 1.29 is 19.1 Å². The molecule has 0 atom stereocenters. The molecule has 3 rings (SSSR count). The third-order valence-electron chi connectivity index (χ3n) is 3.89. The van der Waals surface area contributed by atoms with Gasteiger partial charge in [0.1, 0.15) is 19.0 Å². The lowest BCUT2D eigenvalue weighted by atomic mass is 10.1. The summed E-state index contributed by atoms with van der Waals surface area (Å²) in [5.74, 6) is 0.531. The molecule has 0 aromatic heterocycles. The molecule has 1 fully saturated rings. The molecule has 0 spiro atoms. The molecule has 1 amide bonds. The van der Waals surface area contributed by atoms with E-state index in [4.69, 9.17) is 9.47 Å². The van der Waals surface area contributed by atoms with Gasteiger partial charge in [-0.05, 0) is 30.4 Å². The van der Waals surface area contributed by atoms with E-state index in [9.17, 15) is 9.59 Å². The van der Waals surface area contributed by atoms with Crippen LogP contribution in [0.25, 0.3) is 6.08 Å². The van der Waals surface area contributed by atoms with Crippen molar-refractivity contribution in [3.63, 3.8) is 0 Å². The highest BCUT2D eigenvalue weighted by atomic mass is 16.6. The van der Waals surface area contributed by atoms with Crippen LogP contribution in [0.4, 0.5) is 10.5 Å². The maximum absolute atomic E-state index is 12.5. The molecule has 1 aliphatic heterocycles. The van der Waals surface area contributed by atoms with E-state index in [0.29, 0.717) is 36.8 Å². The Hall–Kier alpha value is -3.34. The number of cyclic esters (lactones) is 1. The lowest BCUT2D eigenvalue weighted by Gasteiger charge is -2.13. The summed E-state index contributed by atoms with van der Waals surface area (Å²) >= 11 is 0. The van der Waals surface area contributed by atoms with Gasteiger partial charge >= 0.3 is 6.09 Å². The average molecular weight is 349 g/mol. The van der Waals surface area contributed by atoms with Crippen molar-refractivity contribution in [2.24, 2.45) is 0 Å². The number of ketones is 1. The van der Waals surface area contributed by atoms with Crippen molar-refractivity contribution >= 4 is 23.6 Å². The third kappa shape index (κ3) is 4.00. The molecule has 2 aromatic carbocycles. The zero-order valence-electron chi connectivity index (χ0n) is 14.3. The number of anilines is 1. The van der Waals surface area contributed by atoms with Crippen molar-refractivity contribution in [3.8, 4) is 5.75 Å². The molecule has 1 aliphatic rings. The molecule has 2 aromatic rings. The van der Waals surface area contributed by atoms with Crippen LogP contribution < -0.4 is 9.64 Å². The van der Waals surface area contributed by atoms with Gasteiger partial charge in [0.25, 0.3) is 0 Å². The van der Waals surface area contributed by atoms with Gasteiger partial charge in [0, 0.05) is 16.8 Å². The van der Waals surface area contributed by atoms with E-state index in [-0.39, 0.29) is 5.78 Å². The predicted octanol–water partition coefficient (Wildman–Crippen LogP) is 4.10. The minimum Gasteiger partial charge on any atom is -0.489 e. The zero-order chi connectivity index (χ0) is 18.4. The van der Waals surface area contributed by atoms with Crippen LogP contribution in [-0.4, -0.2) is 31.6 Å². The average Bonchev–Trinajstić information content (AvgIpc) is 3.11. The molecule has 1 saturated heterocycles. The number of ether oxygens (including phenoxy) is 2. The number of nitrogens with zero attached hydrogens (tertiary/aromatic N) is 1. The fraction of sp³-hybridized carbons (Fsp3) is 0.143. The van der Waals surface area contributed by atoms with Gasteiger partial charge in [-0.3, -0.25) is 9.69 Å². The summed E-state index contributed by atoms with van der Waals surface area (Å²) in [6.07, 6.45) is 4.49. The van der Waals surface area contributed by atoms with Gasteiger partial charge < -0.3 is 9.47 Å². The topological polar surface area (TPSA) is 55.8 Å². The summed E-state index contributed by atoms with van der Waals surface area (Å²) in [4.78, 5) is 25.7. The van der Waals surface area contributed by atoms with Gasteiger partial charge in [0.15, 0.2) is 5.78 Å². The van der Waals surface area contributed by atoms with E-state index in [1.165, 1.54) is 11.0 Å². The van der Waals surface area contributed by atoms with E-state index < -0.39 is 6.09 Å². The van der Waals surface area contributed by atoms with Gasteiger partial charge in [0.2, 0.25) is 0 Å². The van der Waals surface area contributed by atoms with E-state index in [1.54, 1.807) is 36.4 Å². The van der Waals surface area contributed by atoms with E-state index in [0.717, 1.165) is 5.56 Å². The number of hydrogen-bond donors (Lipinski definition) is 0. The molecular weight excluding hydrogens is 330 g/mol. The van der Waals surface area contributed by atoms with Crippen molar-refractivity contribution in [1.82, 2.24) is 0 Å². The van der Waals surface area contributed by atoms with Crippen LogP contribution in [-0.2, 0) is 4.74 Å². The number of amides is 1. The van der Waals surface area contributed by atoms with E-state index in [2.05, 4.69) is 6.58 Å². The predicted molar refractivity (Wildman–Crippen MR) is 101 cm³/mol. The lowest BCUT2D eigenvalue weighted by molar-refractivity contribution is 0.104. The summed E-state index contributed by atoms with van der Waals surface area (Å²) in [7, 11) is 0. The Morgan fingerprint density at radius 3 is 2.85 bits per heavy atom. The van der Waals surface area contributed by atoms with E-state index in [1.807, 2.05) is 24.3 Å². The molecule has 132 valence electrons. The first-order chi connectivity index (χ1) is 12.7. The highest BCUT2D eigenvalue weighted by Crippen LogP contribution is 2.22. The first-order valence-corrected chi connectivity index (χ1v) is 8.28. The summed E-state index contributed by atoms with van der Waals surface area (Å²) < 4.78 is 10.5. The summed E-state index contributed by atoms with van der Waals surface area (Å²) in [5.41, 5.74) is 1.96. The first kappa shape index (κ1) is 17.5. The normalized spacial score (nSPS) is 13.7. The second-order valence-electron chi connectivity index (χ2n) is 5.65. The molecule has 5 nitrogen and oxygen atoms in total. The number of benzene rings is 2. The fourth-order valence-electron chi connectivity index (χ4n) is 2.62. The zero-order valence-corrected chi connectivity index (χ0v) is 14.3. The highest BCUT2D eigenvalue weighted by Gasteiger charge is 2.23. The number of carbonyl (C=O) groups excluding carboxylic acids is 2. The highest BCUT2D eigenvalue weighted by molar-refractivity contribution is 6.07. The van der Waals surface area contributed by atoms with Crippen molar-refractivity contribution in [2.75, 3.05) is 24.7 Å². The van der Waals surface area contributed by atoms with Crippen LogP contribution in [0.1, 0.15) is 15.9 Å². The monoisotopic (exact) mass is 349 g/mol. The largest absolute Gasteiger partial charge is 0.489 e. The third-order valence-corrected chi connectivity index (χ3v) is 3.89. The van der Waals surface area contributed by atoms with Crippen molar-refractivity contribution in [2.45, 2.75) is 0 Å². The molecule has 26 heavy (non-hydrogen) atoms. The molecule has 0 unspecified atom stereocenters. The molecular formula is C21H19NO4.